The number of aromatic nitrogens is 4. The molecule has 1 aliphatic heterocycles. The average Bonchev–Trinajstić information content (AvgIpc) is 3.77. The second kappa shape index (κ2) is 17.0. The molecule has 2 amide bonds. The molecule has 6 rings (SSSR count). The maximum atomic E-state index is 12.9. The molecule has 4 atom stereocenters. The highest BCUT2D eigenvalue weighted by molar-refractivity contribution is 5.97. The van der Waals surface area contributed by atoms with Gasteiger partial charge in [0.25, 0.3) is 0 Å². The number of nitrogens with one attached hydrogen (secondary N) is 2. The molecule has 14 nitrogen and oxygen atoms in total. The van der Waals surface area contributed by atoms with Crippen LogP contribution in [-0.2, 0) is 29.4 Å². The van der Waals surface area contributed by atoms with Crippen LogP contribution in [0.3, 0.4) is 0 Å². The summed E-state index contributed by atoms with van der Waals surface area (Å²) in [6.07, 6.45) is -7.37. The van der Waals surface area contributed by atoms with Gasteiger partial charge in [0.2, 0.25) is 5.91 Å². The van der Waals surface area contributed by atoms with Crippen LogP contribution < -0.4 is 20.1 Å². The number of hydrogen-bond acceptors (Lipinski definition) is 11. The number of nitrogens with zero attached hydrogens (tertiary/aromatic N) is 4. The van der Waals surface area contributed by atoms with Crippen LogP contribution in [0.5, 0.6) is 11.5 Å². The summed E-state index contributed by atoms with van der Waals surface area (Å²) in [5.41, 5.74) is 1.35. The van der Waals surface area contributed by atoms with Crippen LogP contribution in [0, 0.1) is 5.92 Å². The van der Waals surface area contributed by atoms with Crippen molar-refractivity contribution in [2.75, 3.05) is 39.3 Å². The van der Waals surface area contributed by atoms with E-state index in [1.165, 1.54) is 17.2 Å². The fraction of sp³-hybridized carbons (Fsp3) is 0.359. The smallest absolute Gasteiger partial charge is 0.471 e. The Bertz CT molecular complexity index is 2050. The number of ether oxygens (including phenoxy) is 5. The van der Waals surface area contributed by atoms with E-state index in [0.717, 1.165) is 16.7 Å². The minimum atomic E-state index is -5.09. The van der Waals surface area contributed by atoms with Crippen LogP contribution in [0.2, 0.25) is 0 Å². The van der Waals surface area contributed by atoms with Crippen LogP contribution in [-0.4, -0.2) is 94.9 Å². The van der Waals surface area contributed by atoms with E-state index < -0.39 is 55.4 Å². The van der Waals surface area contributed by atoms with Crippen molar-refractivity contribution >= 4 is 28.8 Å². The molecule has 1 fully saturated rings. The highest BCUT2D eigenvalue weighted by Gasteiger charge is 2.48. The van der Waals surface area contributed by atoms with Gasteiger partial charge in [-0.2, -0.15) is 13.2 Å². The van der Waals surface area contributed by atoms with Gasteiger partial charge in [-0.25, -0.2) is 15.0 Å². The maximum Gasteiger partial charge on any atom is 0.471 e. The first-order valence-electron chi connectivity index (χ1n) is 17.6. The molecule has 0 bridgehead atoms. The molecule has 1 saturated heterocycles. The van der Waals surface area contributed by atoms with E-state index in [2.05, 4.69) is 20.3 Å². The summed E-state index contributed by atoms with van der Waals surface area (Å²) in [6.45, 7) is 2.28. The molecule has 0 unspecified atom stereocenters. The summed E-state index contributed by atoms with van der Waals surface area (Å²) >= 11 is 0. The Hall–Kier alpha value is -5.62. The van der Waals surface area contributed by atoms with Crippen molar-refractivity contribution in [3.05, 3.63) is 108 Å². The average molecular weight is 779 g/mol. The summed E-state index contributed by atoms with van der Waals surface area (Å²) in [5.74, 6) is -1.40. The number of rotatable bonds is 15. The molecule has 296 valence electrons. The molecule has 56 heavy (non-hydrogen) atoms. The van der Waals surface area contributed by atoms with Gasteiger partial charge in [-0.15, -0.1) is 0 Å². The Labute approximate surface area is 319 Å². The number of aliphatic hydroxyl groups is 1. The predicted molar refractivity (Wildman–Crippen MR) is 196 cm³/mol. The summed E-state index contributed by atoms with van der Waals surface area (Å²) < 4.78 is 70.4. The standard InChI is InChI=1S/C39H41F3N6O8/c1-23(2)35(50)47-33-30-34(45-21-44-33)48(22-46-30)36-32(54-19-18-43-37(51)39(40,41)42)31(49)29(56-36)20-55-38(24-8-6-5-7-9-24,25-10-14-27(52-3)15-11-25)26-12-16-28(53-4)17-13-26/h5-17,21-23,29,31-32,36,49H,18-20H2,1-4H3,(H,43,51)(H,44,45,47,50)/t29-,31-,32-,36-/m1/s1. The first kappa shape index (κ1) is 40.1. The molecule has 0 saturated carbocycles. The normalized spacial score (nSPS) is 18.6. The molecular weight excluding hydrogens is 737 g/mol. The quantitative estimate of drug-likeness (QED) is 0.0990. The number of hydrogen-bond donors (Lipinski definition) is 3. The van der Waals surface area contributed by atoms with Crippen LogP contribution in [0.1, 0.15) is 36.8 Å². The summed E-state index contributed by atoms with van der Waals surface area (Å²) in [4.78, 5) is 36.9. The van der Waals surface area contributed by atoms with Crippen LogP contribution in [0.25, 0.3) is 11.2 Å². The third-order valence-electron chi connectivity index (χ3n) is 9.30. The summed E-state index contributed by atoms with van der Waals surface area (Å²) in [5, 5.41) is 16.3. The van der Waals surface area contributed by atoms with Gasteiger partial charge in [-0.1, -0.05) is 68.4 Å². The molecule has 0 spiro atoms. The van der Waals surface area contributed by atoms with E-state index in [1.54, 1.807) is 33.4 Å². The third kappa shape index (κ3) is 8.30. The molecule has 5 aromatic rings. The highest BCUT2D eigenvalue weighted by Crippen LogP contribution is 2.43. The number of halogens is 3. The fourth-order valence-electron chi connectivity index (χ4n) is 6.39. The minimum Gasteiger partial charge on any atom is -0.497 e. The van der Waals surface area contributed by atoms with Crippen molar-refractivity contribution in [2.24, 2.45) is 5.92 Å². The zero-order valence-corrected chi connectivity index (χ0v) is 30.9. The first-order chi connectivity index (χ1) is 26.9. The Morgan fingerprint density at radius 2 is 1.50 bits per heavy atom. The Morgan fingerprint density at radius 3 is 2.07 bits per heavy atom. The van der Waals surface area contributed by atoms with Gasteiger partial charge in [-0.3, -0.25) is 14.2 Å². The molecule has 17 heteroatoms. The Morgan fingerprint density at radius 1 is 0.893 bits per heavy atom. The van der Waals surface area contributed by atoms with Crippen LogP contribution in [0.15, 0.2) is 91.5 Å². The number of fused-ring (bicyclic) bond motifs is 1. The molecule has 1 aliphatic rings. The Kier molecular flexibility index (Phi) is 12.2. The Balaban J connectivity index is 1.37. The minimum absolute atomic E-state index is 0.143. The van der Waals surface area contributed by atoms with Crippen molar-refractivity contribution in [3.63, 3.8) is 0 Å². The predicted octanol–water partition coefficient (Wildman–Crippen LogP) is 4.77. The maximum absolute atomic E-state index is 12.9. The van der Waals surface area contributed by atoms with E-state index in [9.17, 15) is 27.9 Å². The second-order valence-electron chi connectivity index (χ2n) is 13.2. The molecule has 2 aromatic heterocycles. The van der Waals surface area contributed by atoms with E-state index in [-0.39, 0.29) is 35.4 Å². The van der Waals surface area contributed by atoms with Crippen LogP contribution >= 0.6 is 0 Å². The van der Waals surface area contributed by atoms with Crippen molar-refractivity contribution in [2.45, 2.75) is 50.2 Å². The zero-order chi connectivity index (χ0) is 40.0. The SMILES string of the molecule is COc1ccc(C(OC[C@H]2O[C@@H](n3cnc4c(NC(=O)C(C)C)ncnc43)[C@H](OCCNC(=O)C(F)(F)F)[C@@H]2O)(c2ccccc2)c2ccc(OC)cc2)cc1. The lowest BCUT2D eigenvalue weighted by atomic mass is 9.80. The zero-order valence-electron chi connectivity index (χ0n) is 30.9. The number of anilines is 1. The molecule has 0 aliphatic carbocycles. The lowest BCUT2D eigenvalue weighted by Gasteiger charge is -2.37. The van der Waals surface area contributed by atoms with E-state index in [4.69, 9.17) is 23.7 Å². The van der Waals surface area contributed by atoms with Gasteiger partial charge in [-0.05, 0) is 41.0 Å². The van der Waals surface area contributed by atoms with Gasteiger partial charge in [0.05, 0.1) is 33.8 Å². The number of benzene rings is 3. The van der Waals surface area contributed by atoms with Crippen molar-refractivity contribution in [3.8, 4) is 11.5 Å². The number of methoxy groups -OCH3 is 2. The fourth-order valence-corrected chi connectivity index (χ4v) is 6.39. The molecule has 3 N–H and O–H groups in total. The number of alkyl halides is 3. The number of carbonyl (C=O) groups is 2. The van der Waals surface area contributed by atoms with Crippen molar-refractivity contribution in [1.29, 1.82) is 0 Å². The van der Waals surface area contributed by atoms with Gasteiger partial charge in [0, 0.05) is 12.5 Å². The van der Waals surface area contributed by atoms with E-state index in [1.807, 2.05) is 78.9 Å². The molecule has 3 heterocycles. The number of aliphatic hydroxyl groups excluding tert-OH is 1. The van der Waals surface area contributed by atoms with Crippen molar-refractivity contribution in [1.82, 2.24) is 24.8 Å². The van der Waals surface area contributed by atoms with Crippen LogP contribution in [0.4, 0.5) is 19.0 Å². The molecule has 3 aromatic carbocycles. The largest absolute Gasteiger partial charge is 0.497 e. The number of imidazole rings is 1. The second-order valence-corrected chi connectivity index (χ2v) is 13.2. The lowest BCUT2D eigenvalue weighted by Crippen LogP contribution is -2.42. The third-order valence-corrected chi connectivity index (χ3v) is 9.30. The topological polar surface area (TPSA) is 168 Å². The van der Waals surface area contributed by atoms with E-state index in [0.29, 0.717) is 11.5 Å². The first-order valence-corrected chi connectivity index (χ1v) is 17.6. The number of amides is 2. The van der Waals surface area contributed by atoms with Crippen molar-refractivity contribution < 1.29 is 51.6 Å². The summed E-state index contributed by atoms with van der Waals surface area (Å²) in [7, 11) is 3.13. The van der Waals surface area contributed by atoms with Gasteiger partial charge < -0.3 is 39.4 Å². The highest BCUT2D eigenvalue weighted by atomic mass is 19.4. The number of carbonyl (C=O) groups excluding carboxylic acids is 2. The van der Waals surface area contributed by atoms with E-state index >= 15 is 0 Å². The van der Waals surface area contributed by atoms with Gasteiger partial charge in [0.15, 0.2) is 23.2 Å². The van der Waals surface area contributed by atoms with Gasteiger partial charge in [0.1, 0.15) is 41.7 Å². The lowest BCUT2D eigenvalue weighted by molar-refractivity contribution is -0.174. The summed E-state index contributed by atoms with van der Waals surface area (Å²) in [6, 6.07) is 24.2. The molecular formula is C39H41F3N6O8. The molecule has 0 radical (unpaired) electrons. The monoisotopic (exact) mass is 778 g/mol. The van der Waals surface area contributed by atoms with Gasteiger partial charge >= 0.3 is 12.1 Å².